The fraction of sp³-hybridized carbons (Fsp3) is 0.619. The topological polar surface area (TPSA) is 44.7 Å². The number of aromatic nitrogens is 2. The largest absolute Gasteiger partial charge is 0.377 e. The second-order valence-corrected chi connectivity index (χ2v) is 8.02. The molecule has 0 aliphatic carbocycles. The molecule has 4 heterocycles. The lowest BCUT2D eigenvalue weighted by molar-refractivity contribution is 0.0713. The van der Waals surface area contributed by atoms with Crippen LogP contribution in [0.5, 0.6) is 0 Å². The molecule has 1 aromatic heterocycles. The van der Waals surface area contributed by atoms with E-state index in [0.717, 1.165) is 63.8 Å². The van der Waals surface area contributed by atoms with E-state index in [2.05, 4.69) is 42.9 Å². The number of nitrogens with zero attached hydrogens (tertiary/aromatic N) is 5. The lowest BCUT2D eigenvalue weighted by Gasteiger charge is -2.37. The average Bonchev–Trinajstić information content (AvgIpc) is 3.42. The number of ether oxygens (including phenoxy) is 1. The van der Waals surface area contributed by atoms with Crippen molar-refractivity contribution >= 4 is 22.4 Å². The van der Waals surface area contributed by atoms with Gasteiger partial charge in [0, 0.05) is 63.5 Å². The monoisotopic (exact) mass is 367 g/mol. The first-order valence-electron chi connectivity index (χ1n) is 10.5. The van der Waals surface area contributed by atoms with Crippen LogP contribution in [0.2, 0.25) is 0 Å². The molecule has 3 aliphatic heterocycles. The molecule has 27 heavy (non-hydrogen) atoms. The van der Waals surface area contributed by atoms with E-state index in [1.807, 2.05) is 0 Å². The number of hydrogen-bond donors (Lipinski definition) is 0. The fourth-order valence-corrected chi connectivity index (χ4v) is 4.67. The molecule has 2 aromatic rings. The van der Waals surface area contributed by atoms with E-state index in [9.17, 15) is 0 Å². The van der Waals surface area contributed by atoms with Crippen molar-refractivity contribution in [3.63, 3.8) is 0 Å². The zero-order valence-corrected chi connectivity index (χ0v) is 16.0. The Labute approximate surface area is 161 Å². The van der Waals surface area contributed by atoms with Gasteiger partial charge in [-0.05, 0) is 43.9 Å². The van der Waals surface area contributed by atoms with E-state index < -0.39 is 0 Å². The summed E-state index contributed by atoms with van der Waals surface area (Å²) >= 11 is 0. The first-order chi connectivity index (χ1) is 13.4. The number of rotatable bonds is 4. The maximum Gasteiger partial charge on any atom is 0.139 e. The van der Waals surface area contributed by atoms with Gasteiger partial charge in [-0.1, -0.05) is 0 Å². The van der Waals surface area contributed by atoms with Gasteiger partial charge < -0.3 is 14.5 Å². The summed E-state index contributed by atoms with van der Waals surface area (Å²) in [6.07, 6.45) is 7.14. The highest BCUT2D eigenvalue weighted by molar-refractivity contribution is 5.92. The van der Waals surface area contributed by atoms with Gasteiger partial charge in [0.2, 0.25) is 0 Å². The number of fused-ring (bicyclic) bond motifs is 1. The molecule has 6 heteroatoms. The Morgan fingerprint density at radius 1 is 0.926 bits per heavy atom. The average molecular weight is 367 g/mol. The van der Waals surface area contributed by atoms with Crippen LogP contribution in [0, 0.1) is 0 Å². The molecule has 1 atom stereocenters. The molecule has 5 rings (SSSR count). The van der Waals surface area contributed by atoms with Crippen molar-refractivity contribution < 1.29 is 4.74 Å². The predicted octanol–water partition coefficient (Wildman–Crippen LogP) is 2.53. The SMILES string of the molecule is c1nc(N2CCCC2)c2cc(N3CCN(CC4CCCO4)CC3)ccc2n1. The van der Waals surface area contributed by atoms with Gasteiger partial charge in [0.15, 0.2) is 0 Å². The molecule has 6 nitrogen and oxygen atoms in total. The number of benzene rings is 1. The molecular formula is C21H29N5O. The second kappa shape index (κ2) is 7.60. The number of anilines is 2. The summed E-state index contributed by atoms with van der Waals surface area (Å²) in [4.78, 5) is 16.6. The van der Waals surface area contributed by atoms with Crippen molar-refractivity contribution in [1.82, 2.24) is 14.9 Å². The molecule has 0 radical (unpaired) electrons. The quantitative estimate of drug-likeness (QED) is 0.827. The standard InChI is InChI=1S/C21H29N5O/c1-2-8-26(7-1)21-19-14-17(5-6-20(19)22-16-23-21)25-11-9-24(10-12-25)15-18-4-3-13-27-18/h5-6,14,16,18H,1-4,7-13,15H2. The van der Waals surface area contributed by atoms with Crippen LogP contribution in [-0.4, -0.2) is 73.4 Å². The Balaban J connectivity index is 1.31. The van der Waals surface area contributed by atoms with Crippen molar-refractivity contribution in [2.75, 3.05) is 62.2 Å². The normalized spacial score (nSPS) is 24.2. The maximum absolute atomic E-state index is 5.80. The van der Waals surface area contributed by atoms with E-state index in [4.69, 9.17) is 4.74 Å². The summed E-state index contributed by atoms with van der Waals surface area (Å²) in [5.41, 5.74) is 2.35. The Bertz CT molecular complexity index is 777. The summed E-state index contributed by atoms with van der Waals surface area (Å²) in [5.74, 6) is 1.11. The summed E-state index contributed by atoms with van der Waals surface area (Å²) in [6, 6.07) is 6.68. The molecule has 0 N–H and O–H groups in total. The van der Waals surface area contributed by atoms with Crippen LogP contribution in [0.15, 0.2) is 24.5 Å². The minimum Gasteiger partial charge on any atom is -0.377 e. The molecular weight excluding hydrogens is 338 g/mol. The summed E-state index contributed by atoms with van der Waals surface area (Å²) in [6.45, 7) is 8.64. The zero-order chi connectivity index (χ0) is 18.1. The zero-order valence-electron chi connectivity index (χ0n) is 16.0. The molecule has 3 saturated heterocycles. The minimum atomic E-state index is 0.456. The minimum absolute atomic E-state index is 0.456. The first kappa shape index (κ1) is 17.2. The van der Waals surface area contributed by atoms with Crippen LogP contribution in [0.1, 0.15) is 25.7 Å². The Morgan fingerprint density at radius 2 is 1.78 bits per heavy atom. The van der Waals surface area contributed by atoms with Gasteiger partial charge in [-0.15, -0.1) is 0 Å². The van der Waals surface area contributed by atoms with Crippen molar-refractivity contribution in [3.8, 4) is 0 Å². The highest BCUT2D eigenvalue weighted by Crippen LogP contribution is 2.30. The number of piperazine rings is 1. The van der Waals surface area contributed by atoms with Gasteiger partial charge in [0.25, 0.3) is 0 Å². The third-order valence-electron chi connectivity index (χ3n) is 6.23. The second-order valence-electron chi connectivity index (χ2n) is 8.02. The summed E-state index contributed by atoms with van der Waals surface area (Å²) in [5, 5.41) is 1.19. The molecule has 0 amide bonds. The third-order valence-corrected chi connectivity index (χ3v) is 6.23. The van der Waals surface area contributed by atoms with E-state index in [-0.39, 0.29) is 0 Å². The molecule has 0 bridgehead atoms. The van der Waals surface area contributed by atoms with E-state index in [1.54, 1.807) is 6.33 Å². The molecule has 144 valence electrons. The van der Waals surface area contributed by atoms with Crippen LogP contribution in [0.3, 0.4) is 0 Å². The Morgan fingerprint density at radius 3 is 2.56 bits per heavy atom. The first-order valence-corrected chi connectivity index (χ1v) is 10.5. The lowest BCUT2D eigenvalue weighted by atomic mass is 10.1. The van der Waals surface area contributed by atoms with Gasteiger partial charge in [-0.3, -0.25) is 4.90 Å². The van der Waals surface area contributed by atoms with Crippen molar-refractivity contribution in [3.05, 3.63) is 24.5 Å². The highest BCUT2D eigenvalue weighted by atomic mass is 16.5. The number of hydrogen-bond acceptors (Lipinski definition) is 6. The van der Waals surface area contributed by atoms with Crippen LogP contribution >= 0.6 is 0 Å². The lowest BCUT2D eigenvalue weighted by Crippen LogP contribution is -2.48. The van der Waals surface area contributed by atoms with Crippen molar-refractivity contribution in [1.29, 1.82) is 0 Å². The fourth-order valence-electron chi connectivity index (χ4n) is 4.67. The van der Waals surface area contributed by atoms with Gasteiger partial charge in [-0.2, -0.15) is 0 Å². The van der Waals surface area contributed by atoms with Crippen LogP contribution in [0.25, 0.3) is 10.9 Å². The maximum atomic E-state index is 5.80. The van der Waals surface area contributed by atoms with Gasteiger partial charge in [0.05, 0.1) is 11.6 Å². The molecule has 1 aromatic carbocycles. The van der Waals surface area contributed by atoms with Gasteiger partial charge in [-0.25, -0.2) is 9.97 Å². The third kappa shape index (κ3) is 3.60. The molecule has 3 fully saturated rings. The van der Waals surface area contributed by atoms with Crippen molar-refractivity contribution in [2.45, 2.75) is 31.8 Å². The van der Waals surface area contributed by atoms with E-state index in [1.165, 1.54) is 36.8 Å². The summed E-state index contributed by atoms with van der Waals surface area (Å²) in [7, 11) is 0. The molecule has 0 saturated carbocycles. The molecule has 1 unspecified atom stereocenters. The molecule has 0 spiro atoms. The highest BCUT2D eigenvalue weighted by Gasteiger charge is 2.23. The van der Waals surface area contributed by atoms with E-state index in [0.29, 0.717) is 6.10 Å². The molecule has 3 aliphatic rings. The van der Waals surface area contributed by atoms with Gasteiger partial charge in [0.1, 0.15) is 12.1 Å². The smallest absolute Gasteiger partial charge is 0.139 e. The van der Waals surface area contributed by atoms with Crippen LogP contribution in [-0.2, 0) is 4.74 Å². The van der Waals surface area contributed by atoms with Gasteiger partial charge >= 0.3 is 0 Å². The van der Waals surface area contributed by atoms with Crippen LogP contribution in [0.4, 0.5) is 11.5 Å². The van der Waals surface area contributed by atoms with Crippen LogP contribution < -0.4 is 9.80 Å². The Hall–Kier alpha value is -1.92. The summed E-state index contributed by atoms with van der Waals surface area (Å²) < 4.78 is 5.80. The predicted molar refractivity (Wildman–Crippen MR) is 109 cm³/mol. The Kier molecular flexibility index (Phi) is 4.84. The van der Waals surface area contributed by atoms with E-state index >= 15 is 0 Å². The van der Waals surface area contributed by atoms with Crippen molar-refractivity contribution in [2.24, 2.45) is 0 Å².